The second kappa shape index (κ2) is 6.85. The van der Waals surface area contributed by atoms with Crippen molar-refractivity contribution in [1.29, 1.82) is 0 Å². The first-order valence-corrected chi connectivity index (χ1v) is 7.25. The van der Waals surface area contributed by atoms with Crippen LogP contribution in [0.4, 0.5) is 5.69 Å². The topological polar surface area (TPSA) is 36.9 Å². The Labute approximate surface area is 132 Å². The number of guanidine groups is 1. The monoisotopic (exact) mass is 307 g/mol. The van der Waals surface area contributed by atoms with E-state index in [-0.39, 0.29) is 12.4 Å². The van der Waals surface area contributed by atoms with E-state index in [1.54, 1.807) is 6.26 Å². The van der Waals surface area contributed by atoms with Gasteiger partial charge in [0.2, 0.25) is 11.7 Å². The van der Waals surface area contributed by atoms with Gasteiger partial charge >= 0.3 is 0 Å². The second-order valence-corrected chi connectivity index (χ2v) is 5.49. The van der Waals surface area contributed by atoms with Crippen molar-refractivity contribution in [3.8, 4) is 0 Å². The van der Waals surface area contributed by atoms with Crippen LogP contribution < -0.4 is 5.32 Å². The van der Waals surface area contributed by atoms with Gasteiger partial charge in [0, 0.05) is 25.2 Å². The molecule has 1 unspecified atom stereocenters. The van der Waals surface area contributed by atoms with Gasteiger partial charge < -0.3 is 15.0 Å². The zero-order chi connectivity index (χ0) is 13.8. The molecule has 1 fully saturated rings. The Morgan fingerprint density at radius 3 is 2.57 bits per heavy atom. The van der Waals surface area contributed by atoms with Crippen LogP contribution in [-0.2, 0) is 4.74 Å². The lowest BCUT2D eigenvalue weighted by Crippen LogP contribution is -2.37. The van der Waals surface area contributed by atoms with Crippen LogP contribution in [0, 0.1) is 0 Å². The standard InChI is InChI=1S/C16H21N3O.ClH/c1-16(10-7-13-20-16)18-15(19-11-5-6-12-19)17-14-8-3-2-4-9-14;/h2-4,7-9,13H,5-6,10-12H2,1H3,(H,17,18);1H. The van der Waals surface area contributed by atoms with Crippen LogP contribution in [0.15, 0.2) is 47.7 Å². The minimum Gasteiger partial charge on any atom is -0.474 e. The number of nitrogens with zero attached hydrogens (tertiary/aromatic N) is 2. The summed E-state index contributed by atoms with van der Waals surface area (Å²) in [5.74, 6) is 0.917. The van der Waals surface area contributed by atoms with Gasteiger partial charge in [0.25, 0.3) is 0 Å². The van der Waals surface area contributed by atoms with Gasteiger partial charge in [0.15, 0.2) is 0 Å². The number of rotatable bonds is 2. The summed E-state index contributed by atoms with van der Waals surface area (Å²) in [6, 6.07) is 10.2. The molecule has 0 bridgehead atoms. The van der Waals surface area contributed by atoms with Gasteiger partial charge in [0.1, 0.15) is 0 Å². The summed E-state index contributed by atoms with van der Waals surface area (Å²) >= 11 is 0. The highest BCUT2D eigenvalue weighted by Crippen LogP contribution is 2.25. The van der Waals surface area contributed by atoms with E-state index < -0.39 is 5.72 Å². The number of halogens is 1. The Balaban J connectivity index is 0.00000161. The molecule has 3 rings (SSSR count). The van der Waals surface area contributed by atoms with Gasteiger partial charge in [0.05, 0.1) is 6.26 Å². The summed E-state index contributed by atoms with van der Waals surface area (Å²) in [7, 11) is 0. The number of benzene rings is 1. The molecule has 0 amide bonds. The van der Waals surface area contributed by atoms with Crippen molar-refractivity contribution in [2.75, 3.05) is 18.4 Å². The Morgan fingerprint density at radius 1 is 1.24 bits per heavy atom. The fourth-order valence-electron chi connectivity index (χ4n) is 2.56. The number of ether oxygens (including phenoxy) is 1. The first kappa shape index (κ1) is 15.7. The SMILES string of the molecule is CC1(N=C(Nc2ccccc2)N2CCCC2)CC=CO1.Cl. The number of hydrogen-bond acceptors (Lipinski definition) is 2. The van der Waals surface area contributed by atoms with E-state index >= 15 is 0 Å². The first-order valence-electron chi connectivity index (χ1n) is 7.25. The zero-order valence-electron chi connectivity index (χ0n) is 12.3. The molecule has 0 saturated carbocycles. The van der Waals surface area contributed by atoms with Crippen LogP contribution in [0.3, 0.4) is 0 Å². The van der Waals surface area contributed by atoms with Crippen LogP contribution in [0.2, 0.25) is 0 Å². The third kappa shape index (κ3) is 3.91. The van der Waals surface area contributed by atoms with Crippen molar-refractivity contribution in [3.63, 3.8) is 0 Å². The van der Waals surface area contributed by atoms with E-state index in [9.17, 15) is 0 Å². The average Bonchev–Trinajstić information content (AvgIpc) is 3.11. The van der Waals surface area contributed by atoms with Crippen molar-refractivity contribution < 1.29 is 4.74 Å². The molecule has 0 aliphatic carbocycles. The number of likely N-dealkylation sites (tertiary alicyclic amines) is 1. The molecular weight excluding hydrogens is 286 g/mol. The maximum Gasteiger partial charge on any atom is 0.203 e. The highest BCUT2D eigenvalue weighted by Gasteiger charge is 2.29. The van der Waals surface area contributed by atoms with Crippen molar-refractivity contribution in [2.45, 2.75) is 31.9 Å². The largest absolute Gasteiger partial charge is 0.474 e. The molecule has 5 heteroatoms. The minimum absolute atomic E-state index is 0. The maximum absolute atomic E-state index is 5.63. The molecule has 1 aromatic rings. The molecule has 2 heterocycles. The summed E-state index contributed by atoms with van der Waals surface area (Å²) in [6.45, 7) is 4.14. The molecule has 2 aliphatic rings. The van der Waals surface area contributed by atoms with Crippen molar-refractivity contribution in [3.05, 3.63) is 42.7 Å². The molecule has 0 aromatic heterocycles. The van der Waals surface area contributed by atoms with E-state index in [4.69, 9.17) is 9.73 Å². The third-order valence-corrected chi connectivity index (χ3v) is 3.69. The summed E-state index contributed by atoms with van der Waals surface area (Å²) in [5.41, 5.74) is 0.590. The molecule has 21 heavy (non-hydrogen) atoms. The molecule has 1 atom stereocenters. The lowest BCUT2D eigenvalue weighted by atomic mass is 10.2. The number of para-hydroxylation sites is 1. The zero-order valence-corrected chi connectivity index (χ0v) is 13.1. The Hall–Kier alpha value is -1.68. The van der Waals surface area contributed by atoms with E-state index in [1.165, 1.54) is 12.8 Å². The smallest absolute Gasteiger partial charge is 0.203 e. The average molecular weight is 308 g/mol. The molecule has 1 aromatic carbocycles. The van der Waals surface area contributed by atoms with Gasteiger partial charge in [-0.3, -0.25) is 0 Å². The lowest BCUT2D eigenvalue weighted by Gasteiger charge is -2.26. The summed E-state index contributed by atoms with van der Waals surface area (Å²) in [4.78, 5) is 7.14. The van der Waals surface area contributed by atoms with Crippen LogP contribution in [0.5, 0.6) is 0 Å². The summed E-state index contributed by atoms with van der Waals surface area (Å²) in [6.07, 6.45) is 7.04. The van der Waals surface area contributed by atoms with E-state index in [0.29, 0.717) is 0 Å². The van der Waals surface area contributed by atoms with Crippen molar-refractivity contribution in [1.82, 2.24) is 4.90 Å². The highest BCUT2D eigenvalue weighted by atomic mass is 35.5. The summed E-state index contributed by atoms with van der Waals surface area (Å²) in [5, 5.41) is 3.44. The quantitative estimate of drug-likeness (QED) is 0.670. The molecule has 0 radical (unpaired) electrons. The molecule has 1 saturated heterocycles. The molecule has 4 nitrogen and oxygen atoms in total. The van der Waals surface area contributed by atoms with Gasteiger partial charge in [-0.05, 0) is 38.0 Å². The highest BCUT2D eigenvalue weighted by molar-refractivity contribution is 5.94. The van der Waals surface area contributed by atoms with Crippen molar-refractivity contribution >= 4 is 24.1 Å². The van der Waals surface area contributed by atoms with Crippen LogP contribution >= 0.6 is 12.4 Å². The Bertz CT molecular complexity index is 502. The van der Waals surface area contributed by atoms with Gasteiger partial charge in [-0.15, -0.1) is 12.4 Å². The van der Waals surface area contributed by atoms with Gasteiger partial charge in [-0.2, -0.15) is 0 Å². The third-order valence-electron chi connectivity index (χ3n) is 3.69. The Morgan fingerprint density at radius 2 is 1.95 bits per heavy atom. The summed E-state index contributed by atoms with van der Waals surface area (Å²) < 4.78 is 5.63. The first-order chi connectivity index (χ1) is 9.75. The molecule has 2 aliphatic heterocycles. The molecular formula is C16H22ClN3O. The fraction of sp³-hybridized carbons (Fsp3) is 0.438. The van der Waals surface area contributed by atoms with Crippen molar-refractivity contribution in [2.24, 2.45) is 4.99 Å². The fourth-order valence-corrected chi connectivity index (χ4v) is 2.56. The van der Waals surface area contributed by atoms with Gasteiger partial charge in [-0.1, -0.05) is 18.2 Å². The predicted octanol–water partition coefficient (Wildman–Crippen LogP) is 3.62. The molecule has 1 N–H and O–H groups in total. The number of hydrogen-bond donors (Lipinski definition) is 1. The van der Waals surface area contributed by atoms with E-state index in [0.717, 1.165) is 31.2 Å². The number of anilines is 1. The van der Waals surface area contributed by atoms with E-state index in [2.05, 4.69) is 22.3 Å². The van der Waals surface area contributed by atoms with Crippen LogP contribution in [0.25, 0.3) is 0 Å². The van der Waals surface area contributed by atoms with Gasteiger partial charge in [-0.25, -0.2) is 4.99 Å². The molecule has 114 valence electrons. The van der Waals surface area contributed by atoms with Crippen LogP contribution in [-0.4, -0.2) is 29.7 Å². The maximum atomic E-state index is 5.63. The normalized spacial score (nSPS) is 24.6. The molecule has 0 spiro atoms. The minimum atomic E-state index is -0.473. The predicted molar refractivity (Wildman–Crippen MR) is 88.8 cm³/mol. The second-order valence-electron chi connectivity index (χ2n) is 5.49. The van der Waals surface area contributed by atoms with E-state index in [1.807, 2.05) is 31.2 Å². The number of aliphatic imine (C=N–C) groups is 1. The number of nitrogens with one attached hydrogen (secondary N) is 1. The van der Waals surface area contributed by atoms with Crippen LogP contribution in [0.1, 0.15) is 26.2 Å². The Kier molecular flexibility index (Phi) is 5.12. The lowest BCUT2D eigenvalue weighted by molar-refractivity contribution is 0.0716.